The Morgan fingerprint density at radius 1 is 0.767 bits per heavy atom. The molecule has 0 radical (unpaired) electrons. The van der Waals surface area contributed by atoms with Crippen molar-refractivity contribution in [2.75, 3.05) is 5.32 Å². The van der Waals surface area contributed by atoms with E-state index in [1.54, 1.807) is 0 Å². The molecule has 1 N–H and O–H groups in total. The number of nitrogens with one attached hydrogen (secondary N) is 1. The Bertz CT molecular complexity index is 1220. The number of thioether (sulfide) groups is 1. The van der Waals surface area contributed by atoms with E-state index in [0.29, 0.717) is 5.13 Å². The standard InChI is InChI=1S/C23H15N3OS3/c27-22(30-23-24-17-13-7-8-14-18(17)28-23)26-21-25-19(15-9-3-1-4-10-15)20(29-21)16-11-5-2-6-12-16/h1-14H,(H,25,26,27). The van der Waals surface area contributed by atoms with Crippen molar-refractivity contribution in [3.8, 4) is 21.7 Å². The van der Waals surface area contributed by atoms with E-state index in [1.165, 1.54) is 22.7 Å². The minimum atomic E-state index is -0.193. The number of para-hydroxylation sites is 1. The van der Waals surface area contributed by atoms with Crippen LogP contribution in [0.4, 0.5) is 9.93 Å². The molecule has 0 bridgehead atoms. The van der Waals surface area contributed by atoms with Crippen LogP contribution >= 0.6 is 34.4 Å². The first-order valence-corrected chi connectivity index (χ1v) is 11.7. The minimum absolute atomic E-state index is 0.193. The molecule has 2 heterocycles. The maximum Gasteiger partial charge on any atom is 0.292 e. The van der Waals surface area contributed by atoms with Crippen LogP contribution in [0.3, 0.4) is 0 Å². The lowest BCUT2D eigenvalue weighted by Crippen LogP contribution is -2.03. The van der Waals surface area contributed by atoms with Crippen LogP contribution in [0.2, 0.25) is 0 Å². The molecule has 0 aliphatic carbocycles. The quantitative estimate of drug-likeness (QED) is 0.293. The van der Waals surface area contributed by atoms with Gasteiger partial charge in [-0.1, -0.05) is 84.1 Å². The minimum Gasteiger partial charge on any atom is -0.292 e. The number of hydrogen-bond donors (Lipinski definition) is 1. The van der Waals surface area contributed by atoms with E-state index < -0.39 is 0 Å². The Labute approximate surface area is 185 Å². The van der Waals surface area contributed by atoms with Crippen LogP contribution in [-0.4, -0.2) is 15.2 Å². The highest BCUT2D eigenvalue weighted by Crippen LogP contribution is 2.39. The summed E-state index contributed by atoms with van der Waals surface area (Å²) >= 11 is 4.09. The molecule has 0 unspecified atom stereocenters. The second-order valence-electron chi connectivity index (χ2n) is 6.39. The first-order valence-electron chi connectivity index (χ1n) is 9.22. The normalized spacial score (nSPS) is 10.9. The molecule has 2 aromatic heterocycles. The first-order chi connectivity index (χ1) is 14.8. The van der Waals surface area contributed by atoms with Crippen LogP contribution in [0, 0.1) is 0 Å². The maximum atomic E-state index is 12.6. The summed E-state index contributed by atoms with van der Waals surface area (Å²) < 4.78 is 1.79. The number of nitrogens with zero attached hydrogens (tertiary/aromatic N) is 2. The van der Waals surface area contributed by atoms with E-state index >= 15 is 0 Å². The molecular weight excluding hydrogens is 430 g/mol. The van der Waals surface area contributed by atoms with Crippen molar-refractivity contribution in [2.24, 2.45) is 0 Å². The van der Waals surface area contributed by atoms with Crippen LogP contribution in [0.25, 0.3) is 31.9 Å². The number of anilines is 1. The van der Waals surface area contributed by atoms with Crippen LogP contribution in [0.15, 0.2) is 89.3 Å². The van der Waals surface area contributed by atoms with Crippen molar-refractivity contribution >= 4 is 55.0 Å². The van der Waals surface area contributed by atoms with Crippen molar-refractivity contribution in [1.82, 2.24) is 9.97 Å². The number of carbonyl (C=O) groups is 1. The van der Waals surface area contributed by atoms with Gasteiger partial charge in [0.05, 0.1) is 20.8 Å². The van der Waals surface area contributed by atoms with Crippen LogP contribution < -0.4 is 5.32 Å². The van der Waals surface area contributed by atoms with Crippen molar-refractivity contribution in [2.45, 2.75) is 4.34 Å². The fraction of sp³-hybridized carbons (Fsp3) is 0. The van der Waals surface area contributed by atoms with Gasteiger partial charge in [-0.15, -0.1) is 11.3 Å². The summed E-state index contributed by atoms with van der Waals surface area (Å²) in [5, 5.41) is 3.32. The average Bonchev–Trinajstić information content (AvgIpc) is 3.38. The predicted molar refractivity (Wildman–Crippen MR) is 127 cm³/mol. The molecule has 1 amide bonds. The Morgan fingerprint density at radius 3 is 2.17 bits per heavy atom. The van der Waals surface area contributed by atoms with Crippen molar-refractivity contribution in [1.29, 1.82) is 0 Å². The zero-order valence-electron chi connectivity index (χ0n) is 15.6. The molecule has 30 heavy (non-hydrogen) atoms. The summed E-state index contributed by atoms with van der Waals surface area (Å²) in [5.74, 6) is 0. The summed E-state index contributed by atoms with van der Waals surface area (Å²) in [7, 11) is 0. The van der Waals surface area contributed by atoms with Gasteiger partial charge < -0.3 is 0 Å². The average molecular weight is 446 g/mol. The highest BCUT2D eigenvalue weighted by molar-refractivity contribution is 8.15. The molecule has 0 spiro atoms. The summed E-state index contributed by atoms with van der Waals surface area (Å²) in [4.78, 5) is 22.9. The molecule has 5 aromatic rings. The Hall–Kier alpha value is -3.00. The van der Waals surface area contributed by atoms with Gasteiger partial charge in [-0.3, -0.25) is 10.1 Å². The van der Waals surface area contributed by atoms with Crippen LogP contribution in [0.1, 0.15) is 0 Å². The molecule has 4 nitrogen and oxygen atoms in total. The van der Waals surface area contributed by atoms with Crippen LogP contribution in [0.5, 0.6) is 0 Å². The molecule has 0 aliphatic rings. The van der Waals surface area contributed by atoms with Crippen molar-refractivity contribution < 1.29 is 4.79 Å². The molecule has 3 aromatic carbocycles. The van der Waals surface area contributed by atoms with Gasteiger partial charge in [-0.05, 0) is 17.7 Å². The van der Waals surface area contributed by atoms with E-state index in [4.69, 9.17) is 4.98 Å². The molecule has 0 saturated carbocycles. The fourth-order valence-electron chi connectivity index (χ4n) is 3.04. The Morgan fingerprint density at radius 2 is 1.43 bits per heavy atom. The second-order valence-corrected chi connectivity index (χ2v) is 9.64. The van der Waals surface area contributed by atoms with Crippen molar-refractivity contribution in [3.63, 3.8) is 0 Å². The largest absolute Gasteiger partial charge is 0.292 e. The van der Waals surface area contributed by atoms with E-state index in [0.717, 1.165) is 48.0 Å². The van der Waals surface area contributed by atoms with Gasteiger partial charge in [0.1, 0.15) is 0 Å². The smallest absolute Gasteiger partial charge is 0.292 e. The van der Waals surface area contributed by atoms with Gasteiger partial charge in [0.15, 0.2) is 9.47 Å². The molecule has 0 saturated heterocycles. The third-order valence-electron chi connectivity index (χ3n) is 4.37. The summed E-state index contributed by atoms with van der Waals surface area (Å²) in [5.41, 5.74) is 3.87. The number of rotatable bonds is 4. The number of aromatic nitrogens is 2. The molecule has 5 rings (SSSR count). The molecule has 0 atom stereocenters. The Balaban J connectivity index is 1.43. The Kier molecular flexibility index (Phi) is 5.31. The summed E-state index contributed by atoms with van der Waals surface area (Å²) in [6.07, 6.45) is 0. The molecule has 0 aliphatic heterocycles. The maximum absolute atomic E-state index is 12.6. The SMILES string of the molecule is O=C(Nc1nc(-c2ccccc2)c(-c2ccccc2)s1)Sc1nc2ccccc2s1. The van der Waals surface area contributed by atoms with Gasteiger partial charge >= 0.3 is 0 Å². The number of hydrogen-bond acceptors (Lipinski definition) is 6. The molecule has 0 fully saturated rings. The lowest BCUT2D eigenvalue weighted by atomic mass is 10.1. The summed E-state index contributed by atoms with van der Waals surface area (Å²) in [6, 6.07) is 28.0. The highest BCUT2D eigenvalue weighted by atomic mass is 32.2. The third-order valence-corrected chi connectivity index (χ3v) is 7.28. The van der Waals surface area contributed by atoms with Gasteiger partial charge in [-0.2, -0.15) is 0 Å². The number of benzene rings is 3. The monoisotopic (exact) mass is 445 g/mol. The van der Waals surface area contributed by atoms with Gasteiger partial charge in [0, 0.05) is 17.3 Å². The number of carbonyl (C=O) groups excluding carboxylic acids is 1. The lowest BCUT2D eigenvalue weighted by Gasteiger charge is -2.02. The number of fused-ring (bicyclic) bond motifs is 1. The van der Waals surface area contributed by atoms with E-state index in [1.807, 2.05) is 72.8 Å². The predicted octanol–water partition coefficient (Wildman–Crippen LogP) is 7.41. The highest BCUT2D eigenvalue weighted by Gasteiger charge is 2.17. The number of amides is 1. The van der Waals surface area contributed by atoms with Gasteiger partial charge in [0.25, 0.3) is 5.24 Å². The summed E-state index contributed by atoms with van der Waals surface area (Å²) in [6.45, 7) is 0. The van der Waals surface area contributed by atoms with E-state index in [2.05, 4.69) is 22.4 Å². The van der Waals surface area contributed by atoms with Crippen molar-refractivity contribution in [3.05, 3.63) is 84.9 Å². The van der Waals surface area contributed by atoms with E-state index in [9.17, 15) is 4.79 Å². The fourth-order valence-corrected chi connectivity index (χ4v) is 5.90. The second kappa shape index (κ2) is 8.39. The molecular formula is C23H15N3OS3. The topological polar surface area (TPSA) is 54.9 Å². The van der Waals surface area contributed by atoms with Gasteiger partial charge in [0.2, 0.25) is 0 Å². The third kappa shape index (κ3) is 4.00. The lowest BCUT2D eigenvalue weighted by molar-refractivity contribution is 0.270. The van der Waals surface area contributed by atoms with Crippen LogP contribution in [-0.2, 0) is 0 Å². The first kappa shape index (κ1) is 19.0. The zero-order chi connectivity index (χ0) is 20.3. The molecule has 146 valence electrons. The van der Waals surface area contributed by atoms with E-state index in [-0.39, 0.29) is 5.24 Å². The van der Waals surface area contributed by atoms with Gasteiger partial charge in [-0.25, -0.2) is 9.97 Å². The number of thiazole rings is 2. The molecule has 7 heteroatoms. The zero-order valence-corrected chi connectivity index (χ0v) is 18.1.